The van der Waals surface area contributed by atoms with Crippen LogP contribution in [-0.4, -0.2) is 51.4 Å². The van der Waals surface area contributed by atoms with Crippen molar-refractivity contribution in [3.05, 3.63) is 76.7 Å². The minimum Gasteiger partial charge on any atom is -0.508 e. The van der Waals surface area contributed by atoms with E-state index in [1.165, 1.54) is 36.4 Å². The molecule has 0 saturated heterocycles. The van der Waals surface area contributed by atoms with E-state index in [0.29, 0.717) is 5.56 Å². The van der Waals surface area contributed by atoms with Crippen LogP contribution in [-0.2, 0) is 19.1 Å². The van der Waals surface area contributed by atoms with Crippen LogP contribution in [0.2, 0.25) is 0 Å². The van der Waals surface area contributed by atoms with Gasteiger partial charge in [0.25, 0.3) is 0 Å². The first-order valence-electron chi connectivity index (χ1n) is 8.43. The average molecular weight is 429 g/mol. The van der Waals surface area contributed by atoms with E-state index in [-0.39, 0.29) is 22.6 Å². The zero-order valence-corrected chi connectivity index (χ0v) is 15.6. The van der Waals surface area contributed by atoms with Gasteiger partial charge in [0.05, 0.1) is 11.1 Å². The van der Waals surface area contributed by atoms with E-state index in [1.54, 1.807) is 0 Å². The third kappa shape index (κ3) is 5.73. The number of nitroso groups, excluding NO2 is 1. The van der Waals surface area contributed by atoms with Crippen LogP contribution in [0.4, 0.5) is 5.69 Å². The van der Waals surface area contributed by atoms with Crippen LogP contribution in [0.25, 0.3) is 5.76 Å². The van der Waals surface area contributed by atoms with Crippen molar-refractivity contribution in [1.29, 1.82) is 0 Å². The second-order valence-corrected chi connectivity index (χ2v) is 5.99. The topological polar surface area (TPSA) is 177 Å². The molecule has 160 valence electrons. The zero-order chi connectivity index (χ0) is 23.1. The minimum atomic E-state index is -2.37. The largest absolute Gasteiger partial charge is 0.508 e. The van der Waals surface area contributed by atoms with Crippen molar-refractivity contribution in [3.63, 3.8) is 0 Å². The maximum absolute atomic E-state index is 12.3. The summed E-state index contributed by atoms with van der Waals surface area (Å²) in [6.45, 7) is 3.30. The summed E-state index contributed by atoms with van der Waals surface area (Å²) in [5, 5.41) is 30.6. The van der Waals surface area contributed by atoms with Crippen LogP contribution in [0.1, 0.15) is 26.3 Å². The number of aliphatic hydroxyl groups excluding tert-OH is 1. The molecule has 2 aromatic carbocycles. The van der Waals surface area contributed by atoms with Gasteiger partial charge in [-0.05, 0) is 41.6 Å². The van der Waals surface area contributed by atoms with Gasteiger partial charge in [0, 0.05) is 5.56 Å². The fourth-order valence-electron chi connectivity index (χ4n) is 2.31. The van der Waals surface area contributed by atoms with Gasteiger partial charge in [-0.3, -0.25) is 0 Å². The number of aliphatic carboxylic acids is 2. The average Bonchev–Trinajstić information content (AvgIpc) is 2.75. The summed E-state index contributed by atoms with van der Waals surface area (Å²) in [5.74, 6) is -6.43. The lowest BCUT2D eigenvalue weighted by Crippen LogP contribution is -2.45. The van der Waals surface area contributed by atoms with E-state index >= 15 is 0 Å². The molecule has 0 aliphatic heterocycles. The van der Waals surface area contributed by atoms with Crippen molar-refractivity contribution in [2.45, 2.75) is 12.2 Å². The normalized spacial score (nSPS) is 12.1. The van der Waals surface area contributed by atoms with Gasteiger partial charge in [0.15, 0.2) is 0 Å². The predicted octanol–water partition coefficient (Wildman–Crippen LogP) is 2.53. The molecule has 11 heteroatoms. The van der Waals surface area contributed by atoms with Gasteiger partial charge in [0.1, 0.15) is 11.4 Å². The van der Waals surface area contributed by atoms with Crippen LogP contribution in [0, 0.1) is 4.91 Å². The van der Waals surface area contributed by atoms with E-state index in [9.17, 15) is 39.4 Å². The molecule has 0 bridgehead atoms. The molecule has 0 heterocycles. The summed E-state index contributed by atoms with van der Waals surface area (Å²) in [5.41, 5.74) is -0.0449. The molecule has 0 fully saturated rings. The summed E-state index contributed by atoms with van der Waals surface area (Å²) < 4.78 is 9.49. The van der Waals surface area contributed by atoms with Gasteiger partial charge in [-0.25, -0.2) is 19.2 Å². The van der Waals surface area contributed by atoms with Crippen LogP contribution in [0.15, 0.2) is 60.3 Å². The Morgan fingerprint density at radius 2 is 1.06 bits per heavy atom. The lowest BCUT2D eigenvalue weighted by Gasteiger charge is -2.21. The highest BCUT2D eigenvalue weighted by Crippen LogP contribution is 2.17. The molecule has 0 unspecified atom stereocenters. The molecule has 0 radical (unpaired) electrons. The summed E-state index contributed by atoms with van der Waals surface area (Å²) in [4.78, 5) is 57.9. The molecular weight excluding hydrogens is 414 g/mol. The van der Waals surface area contributed by atoms with Gasteiger partial charge >= 0.3 is 23.9 Å². The summed E-state index contributed by atoms with van der Waals surface area (Å²) >= 11 is 0. The Hall–Kier alpha value is -4.54. The number of carboxylic acids is 2. The van der Waals surface area contributed by atoms with Crippen molar-refractivity contribution < 1.29 is 44.0 Å². The second kappa shape index (κ2) is 9.78. The smallest absolute Gasteiger partial charge is 0.349 e. The number of carboxylic acid groups (broad SMARTS) is 2. The number of hydrogen-bond donors (Lipinski definition) is 3. The van der Waals surface area contributed by atoms with Gasteiger partial charge in [-0.15, -0.1) is 4.91 Å². The molecule has 31 heavy (non-hydrogen) atoms. The maximum atomic E-state index is 12.3. The molecule has 3 N–H and O–H groups in total. The minimum absolute atomic E-state index is 0.000492. The molecule has 0 aliphatic carbocycles. The van der Waals surface area contributed by atoms with Crippen molar-refractivity contribution in [2.75, 3.05) is 0 Å². The number of carbonyl (C=O) groups is 4. The first-order chi connectivity index (χ1) is 14.6. The van der Waals surface area contributed by atoms with Crippen LogP contribution in [0.3, 0.4) is 0 Å². The standard InChI is InChI=1S/C20H15NO10/c1-10(22)11-2-4-12(5-3-11)19(27)30-15(17(23)24)16(18(25)26)31-20(28)13-6-8-14(21-29)9-7-13/h2-9,15-16,22H,1H2,(H,23,24)(H,25,26)/t15-,16-/m1/s1. The van der Waals surface area contributed by atoms with Gasteiger partial charge in [0.2, 0.25) is 12.2 Å². The molecule has 0 amide bonds. The van der Waals surface area contributed by atoms with Crippen molar-refractivity contribution in [3.8, 4) is 0 Å². The fraction of sp³-hybridized carbons (Fsp3) is 0.100. The van der Waals surface area contributed by atoms with Crippen LogP contribution < -0.4 is 0 Å². The highest BCUT2D eigenvalue weighted by molar-refractivity contribution is 5.95. The summed E-state index contributed by atoms with van der Waals surface area (Å²) in [6, 6.07) is 9.58. The van der Waals surface area contributed by atoms with Gasteiger partial charge < -0.3 is 24.8 Å². The van der Waals surface area contributed by atoms with E-state index in [2.05, 4.69) is 11.8 Å². The summed E-state index contributed by atoms with van der Waals surface area (Å²) in [7, 11) is 0. The Kier molecular flexibility index (Phi) is 7.18. The number of ether oxygens (including phenoxy) is 2. The van der Waals surface area contributed by atoms with Crippen molar-refractivity contribution in [2.24, 2.45) is 5.18 Å². The number of nitrogens with zero attached hydrogens (tertiary/aromatic N) is 1. The molecule has 0 saturated carbocycles. The molecule has 2 atom stereocenters. The van der Waals surface area contributed by atoms with E-state index in [1.807, 2.05) is 0 Å². The molecule has 0 aromatic heterocycles. The van der Waals surface area contributed by atoms with Crippen LogP contribution >= 0.6 is 0 Å². The Morgan fingerprint density at radius 3 is 1.39 bits per heavy atom. The molecule has 2 aromatic rings. The first kappa shape index (κ1) is 22.7. The SMILES string of the molecule is C=C(O)c1ccc(C(=O)O[C@@H](C(=O)O)[C@@H](OC(=O)c2ccc(N=O)cc2)C(=O)O)cc1. The number of hydrogen-bond acceptors (Lipinski definition) is 9. The Labute approximate surface area is 174 Å². The second-order valence-electron chi connectivity index (χ2n) is 5.99. The molecule has 11 nitrogen and oxygen atoms in total. The number of carbonyl (C=O) groups excluding carboxylic acids is 2. The predicted molar refractivity (Wildman–Crippen MR) is 104 cm³/mol. The number of rotatable bonds is 9. The molecule has 0 spiro atoms. The molecule has 2 rings (SSSR count). The van der Waals surface area contributed by atoms with Crippen LogP contribution in [0.5, 0.6) is 0 Å². The molecule has 0 aliphatic rings. The molecular formula is C20H15NO10. The highest BCUT2D eigenvalue weighted by Gasteiger charge is 2.41. The maximum Gasteiger partial charge on any atom is 0.349 e. The number of aliphatic hydroxyl groups is 1. The van der Waals surface area contributed by atoms with E-state index in [0.717, 1.165) is 12.1 Å². The monoisotopic (exact) mass is 429 g/mol. The van der Waals surface area contributed by atoms with Crippen molar-refractivity contribution in [1.82, 2.24) is 0 Å². The Morgan fingerprint density at radius 1 is 0.710 bits per heavy atom. The van der Waals surface area contributed by atoms with Gasteiger partial charge in [-0.1, -0.05) is 18.7 Å². The highest BCUT2D eigenvalue weighted by atomic mass is 16.6. The number of benzene rings is 2. The first-order valence-corrected chi connectivity index (χ1v) is 8.43. The summed E-state index contributed by atoms with van der Waals surface area (Å²) in [6.07, 6.45) is -4.73. The number of esters is 2. The third-order valence-electron chi connectivity index (χ3n) is 3.89. The van der Waals surface area contributed by atoms with E-state index < -0.39 is 36.1 Å². The lowest BCUT2D eigenvalue weighted by atomic mass is 10.1. The Bertz CT molecular complexity index is 1030. The fourth-order valence-corrected chi connectivity index (χ4v) is 2.31. The zero-order valence-electron chi connectivity index (χ0n) is 15.6. The quantitative estimate of drug-likeness (QED) is 0.305. The van der Waals surface area contributed by atoms with E-state index in [4.69, 9.17) is 9.47 Å². The lowest BCUT2D eigenvalue weighted by molar-refractivity contribution is -0.166. The van der Waals surface area contributed by atoms with Gasteiger partial charge in [-0.2, -0.15) is 0 Å². The third-order valence-corrected chi connectivity index (χ3v) is 3.89. The van der Waals surface area contributed by atoms with Crippen molar-refractivity contribution >= 4 is 35.3 Å². The Balaban J connectivity index is 2.21.